The third-order valence-electron chi connectivity index (χ3n) is 11.8. The maximum absolute atomic E-state index is 2.53. The minimum Gasteiger partial charge on any atom is -0.310 e. The molecule has 0 aromatic heterocycles. The molecule has 5 aliphatic carbocycles. The molecular formula is C42H35N. The Morgan fingerprint density at radius 2 is 1.16 bits per heavy atom. The van der Waals surface area contributed by atoms with Gasteiger partial charge in [-0.2, -0.15) is 0 Å². The molecular weight excluding hydrogens is 518 g/mol. The highest BCUT2D eigenvalue weighted by atomic mass is 15.1. The van der Waals surface area contributed by atoms with Crippen molar-refractivity contribution < 1.29 is 0 Å². The van der Waals surface area contributed by atoms with Crippen molar-refractivity contribution in [3.63, 3.8) is 0 Å². The summed E-state index contributed by atoms with van der Waals surface area (Å²) in [5.74, 6) is 3.42. The first-order valence-electron chi connectivity index (χ1n) is 16.3. The van der Waals surface area contributed by atoms with Crippen molar-refractivity contribution in [3.8, 4) is 11.1 Å². The molecule has 4 fully saturated rings. The van der Waals surface area contributed by atoms with Gasteiger partial charge in [0.25, 0.3) is 0 Å². The van der Waals surface area contributed by atoms with Crippen LogP contribution in [0.3, 0.4) is 0 Å². The number of fused-ring (bicyclic) bond motifs is 6. The summed E-state index contributed by atoms with van der Waals surface area (Å²) in [4.78, 5) is 2.53. The van der Waals surface area contributed by atoms with Gasteiger partial charge in [-0.1, -0.05) is 97.1 Å². The second kappa shape index (κ2) is 8.83. The zero-order valence-corrected chi connectivity index (χ0v) is 24.4. The monoisotopic (exact) mass is 553 g/mol. The van der Waals surface area contributed by atoms with Crippen LogP contribution in [0.2, 0.25) is 0 Å². The van der Waals surface area contributed by atoms with Crippen LogP contribution < -0.4 is 4.90 Å². The van der Waals surface area contributed by atoms with Crippen LogP contribution in [-0.4, -0.2) is 0 Å². The van der Waals surface area contributed by atoms with Gasteiger partial charge >= 0.3 is 0 Å². The molecule has 1 nitrogen and oxygen atoms in total. The fourth-order valence-corrected chi connectivity index (χ4v) is 10.5. The summed E-state index contributed by atoms with van der Waals surface area (Å²) in [6.07, 6.45) is 7.12. The molecule has 0 amide bonds. The van der Waals surface area contributed by atoms with Gasteiger partial charge in [-0.15, -0.1) is 0 Å². The van der Waals surface area contributed by atoms with Gasteiger partial charge in [-0.05, 0) is 124 Å². The lowest BCUT2D eigenvalue weighted by molar-refractivity contribution is -0.0399. The summed E-state index contributed by atoms with van der Waals surface area (Å²) in [5, 5.41) is 5.20. The number of benzene rings is 6. The second-order valence-electron chi connectivity index (χ2n) is 13.8. The molecule has 43 heavy (non-hydrogen) atoms. The van der Waals surface area contributed by atoms with E-state index in [0.29, 0.717) is 0 Å². The molecule has 6 aromatic carbocycles. The second-order valence-corrected chi connectivity index (χ2v) is 13.8. The molecule has 0 atom stereocenters. The normalized spacial score (nSPS) is 26.2. The average Bonchev–Trinajstić information content (AvgIpc) is 3.35. The molecule has 1 spiro atoms. The van der Waals surface area contributed by atoms with Gasteiger partial charge in [0.05, 0.1) is 5.69 Å². The molecule has 0 aliphatic heterocycles. The summed E-state index contributed by atoms with van der Waals surface area (Å²) < 4.78 is 0. The van der Waals surface area contributed by atoms with Gasteiger partial charge in [0, 0.05) is 22.4 Å². The average molecular weight is 554 g/mol. The van der Waals surface area contributed by atoms with Gasteiger partial charge in [-0.25, -0.2) is 0 Å². The van der Waals surface area contributed by atoms with Crippen LogP contribution in [-0.2, 0) is 5.41 Å². The maximum Gasteiger partial charge on any atom is 0.0543 e. The standard InChI is InChI=1S/C42H35N/c1-2-10-33(11-3-1)43(34-19-20-36-30(26-34)18-17-29-9-4-5-12-35(29)36)40-16-8-15-39-41(40)37-13-6-7-14-38(37)42(39)31-22-27-21-28(24-31)25-32(42)23-27/h1-20,26-28,31-32H,21-25H2. The van der Waals surface area contributed by atoms with E-state index >= 15 is 0 Å². The first kappa shape index (κ1) is 24.1. The minimum absolute atomic E-state index is 0.167. The molecule has 6 aromatic rings. The van der Waals surface area contributed by atoms with Crippen molar-refractivity contribution in [2.75, 3.05) is 4.90 Å². The summed E-state index contributed by atoms with van der Waals surface area (Å²) in [7, 11) is 0. The molecule has 0 saturated heterocycles. The number of hydrogen-bond acceptors (Lipinski definition) is 1. The van der Waals surface area contributed by atoms with E-state index in [2.05, 4.69) is 132 Å². The molecule has 4 bridgehead atoms. The molecule has 208 valence electrons. The highest BCUT2D eigenvalue weighted by molar-refractivity contribution is 6.09. The Hall–Kier alpha value is -4.36. The highest BCUT2D eigenvalue weighted by Crippen LogP contribution is 2.70. The van der Waals surface area contributed by atoms with Crippen LogP contribution in [0.15, 0.2) is 127 Å². The molecule has 0 radical (unpaired) electrons. The lowest BCUT2D eigenvalue weighted by atomic mass is 9.43. The lowest BCUT2D eigenvalue weighted by Gasteiger charge is -2.61. The smallest absolute Gasteiger partial charge is 0.0543 e. The van der Waals surface area contributed by atoms with E-state index < -0.39 is 0 Å². The van der Waals surface area contributed by atoms with Crippen LogP contribution >= 0.6 is 0 Å². The highest BCUT2D eigenvalue weighted by Gasteiger charge is 2.61. The predicted molar refractivity (Wildman–Crippen MR) is 179 cm³/mol. The van der Waals surface area contributed by atoms with Crippen molar-refractivity contribution >= 4 is 38.6 Å². The molecule has 0 N–H and O–H groups in total. The Morgan fingerprint density at radius 3 is 2.00 bits per heavy atom. The first-order chi connectivity index (χ1) is 21.3. The molecule has 1 heteroatoms. The fraction of sp³-hybridized carbons (Fsp3) is 0.238. The van der Waals surface area contributed by atoms with Crippen molar-refractivity contribution in [1.29, 1.82) is 0 Å². The molecule has 5 aliphatic rings. The van der Waals surface area contributed by atoms with Gasteiger partial charge in [-0.3, -0.25) is 0 Å². The van der Waals surface area contributed by atoms with E-state index in [1.807, 2.05) is 0 Å². The van der Waals surface area contributed by atoms with Crippen LogP contribution in [0.25, 0.3) is 32.7 Å². The Kier molecular flexibility index (Phi) is 4.95. The van der Waals surface area contributed by atoms with Gasteiger partial charge in [0.15, 0.2) is 0 Å². The third kappa shape index (κ3) is 3.23. The number of para-hydroxylation sites is 1. The predicted octanol–water partition coefficient (Wildman–Crippen LogP) is 11.2. The molecule has 0 unspecified atom stereocenters. The molecule has 11 rings (SSSR count). The Bertz CT molecular complexity index is 2030. The van der Waals surface area contributed by atoms with Gasteiger partial charge in [0.2, 0.25) is 0 Å². The molecule has 4 saturated carbocycles. The number of hydrogen-bond donors (Lipinski definition) is 0. The quantitative estimate of drug-likeness (QED) is 0.197. The summed E-state index contributed by atoms with van der Waals surface area (Å²) in [6, 6.07) is 48.1. The largest absolute Gasteiger partial charge is 0.310 e. The fourth-order valence-electron chi connectivity index (χ4n) is 10.5. The summed E-state index contributed by atoms with van der Waals surface area (Å²) in [6.45, 7) is 0. The maximum atomic E-state index is 2.53. The van der Waals surface area contributed by atoms with Crippen LogP contribution in [0.1, 0.15) is 43.2 Å². The van der Waals surface area contributed by atoms with E-state index in [4.69, 9.17) is 0 Å². The van der Waals surface area contributed by atoms with E-state index in [1.54, 1.807) is 11.1 Å². The number of nitrogens with zero attached hydrogens (tertiary/aromatic N) is 1. The van der Waals surface area contributed by atoms with E-state index in [-0.39, 0.29) is 5.41 Å². The van der Waals surface area contributed by atoms with E-state index in [1.165, 1.54) is 81.8 Å². The molecule has 0 heterocycles. The van der Waals surface area contributed by atoms with Crippen LogP contribution in [0, 0.1) is 23.7 Å². The topological polar surface area (TPSA) is 3.24 Å². The van der Waals surface area contributed by atoms with Crippen molar-refractivity contribution in [3.05, 3.63) is 139 Å². The SMILES string of the molecule is c1ccc(N(c2ccc3c(ccc4ccccc43)c2)c2cccc3c2-c2ccccc2C32C3CC4CC(C3)CC2C4)cc1. The summed E-state index contributed by atoms with van der Waals surface area (Å²) >= 11 is 0. The van der Waals surface area contributed by atoms with Gasteiger partial charge < -0.3 is 4.90 Å². The number of anilines is 3. The zero-order valence-electron chi connectivity index (χ0n) is 24.4. The Balaban J connectivity index is 1.23. The van der Waals surface area contributed by atoms with Crippen molar-refractivity contribution in [2.45, 2.75) is 37.5 Å². The van der Waals surface area contributed by atoms with E-state index in [9.17, 15) is 0 Å². The van der Waals surface area contributed by atoms with Crippen molar-refractivity contribution in [2.24, 2.45) is 23.7 Å². The Labute approximate surface area is 253 Å². The first-order valence-corrected chi connectivity index (χ1v) is 16.3. The third-order valence-corrected chi connectivity index (χ3v) is 11.8. The van der Waals surface area contributed by atoms with Crippen molar-refractivity contribution in [1.82, 2.24) is 0 Å². The Morgan fingerprint density at radius 1 is 0.488 bits per heavy atom. The number of rotatable bonds is 3. The summed E-state index contributed by atoms with van der Waals surface area (Å²) in [5.41, 5.74) is 10.0. The van der Waals surface area contributed by atoms with Crippen LogP contribution in [0.5, 0.6) is 0 Å². The van der Waals surface area contributed by atoms with E-state index in [0.717, 1.165) is 23.7 Å². The van der Waals surface area contributed by atoms with Gasteiger partial charge in [0.1, 0.15) is 0 Å². The zero-order chi connectivity index (χ0) is 28.1. The van der Waals surface area contributed by atoms with Crippen LogP contribution in [0.4, 0.5) is 17.1 Å². The minimum atomic E-state index is 0.167. The lowest BCUT2D eigenvalue weighted by Crippen LogP contribution is -2.55.